The van der Waals surface area contributed by atoms with Crippen LogP contribution in [0.5, 0.6) is 0 Å². The Balaban J connectivity index is 1.63. The molecule has 4 heterocycles. The third-order valence-corrected chi connectivity index (χ3v) is 7.18. The molecular weight excluding hydrogens is 438 g/mol. The van der Waals surface area contributed by atoms with Crippen molar-refractivity contribution >= 4 is 23.0 Å². The first-order valence-corrected chi connectivity index (χ1v) is 12.0. The fourth-order valence-corrected chi connectivity index (χ4v) is 5.22. The van der Waals surface area contributed by atoms with E-state index in [0.29, 0.717) is 0 Å². The zero-order valence-electron chi connectivity index (χ0n) is 20.0. The van der Waals surface area contributed by atoms with Crippen LogP contribution in [0.1, 0.15) is 51.4 Å². The highest BCUT2D eigenvalue weighted by molar-refractivity contribution is 7.80. The van der Waals surface area contributed by atoms with E-state index in [9.17, 15) is 0 Å². The predicted octanol–water partition coefficient (Wildman–Crippen LogP) is 5.74. The van der Waals surface area contributed by atoms with Gasteiger partial charge in [0.2, 0.25) is 0 Å². The number of anilines is 1. The molecule has 0 aliphatic carbocycles. The number of benzene rings is 1. The molecule has 2 atom stereocenters. The molecule has 5 rings (SSSR count). The summed E-state index contributed by atoms with van der Waals surface area (Å²) >= 11 is 5.91. The van der Waals surface area contributed by atoms with Crippen LogP contribution in [0.25, 0.3) is 0 Å². The fourth-order valence-electron chi connectivity index (χ4n) is 4.87. The van der Waals surface area contributed by atoms with Crippen molar-refractivity contribution in [3.8, 4) is 0 Å². The molecule has 4 aromatic rings. The van der Waals surface area contributed by atoms with Gasteiger partial charge in [0, 0.05) is 42.2 Å². The highest BCUT2D eigenvalue weighted by atomic mass is 32.1. The van der Waals surface area contributed by atoms with Gasteiger partial charge in [-0.2, -0.15) is 0 Å². The molecule has 6 heteroatoms. The minimum absolute atomic E-state index is 0.0154. The van der Waals surface area contributed by atoms with Gasteiger partial charge in [-0.3, -0.25) is 9.97 Å². The zero-order chi connectivity index (χ0) is 23.8. The second kappa shape index (κ2) is 9.03. The molecule has 172 valence electrons. The van der Waals surface area contributed by atoms with Gasteiger partial charge in [0.1, 0.15) is 0 Å². The maximum atomic E-state index is 5.91. The standard InChI is InChI=1S/C28H29N5S/c1-18-10-11-23(14-19(18)2)33-27(26(31-28(33)34)25-9-5-6-13-30-25)24-15-20(3)32(21(24)4)17-22-8-7-12-29-16-22/h5-16,26-27H,17H2,1-4H3,(H,31,34)/t26-,27+/m1/s1. The molecule has 34 heavy (non-hydrogen) atoms. The summed E-state index contributed by atoms with van der Waals surface area (Å²) in [6, 6.07) is 19.0. The summed E-state index contributed by atoms with van der Waals surface area (Å²) in [5, 5.41) is 4.31. The Bertz CT molecular complexity index is 1330. The number of aromatic nitrogens is 3. The van der Waals surface area contributed by atoms with Crippen LogP contribution < -0.4 is 10.2 Å². The molecule has 0 amide bonds. The number of hydrogen-bond donors (Lipinski definition) is 1. The van der Waals surface area contributed by atoms with E-state index in [2.05, 4.69) is 83.9 Å². The van der Waals surface area contributed by atoms with Crippen LogP contribution in [0, 0.1) is 27.7 Å². The summed E-state index contributed by atoms with van der Waals surface area (Å²) in [6.45, 7) is 9.45. The predicted molar refractivity (Wildman–Crippen MR) is 141 cm³/mol. The second-order valence-electron chi connectivity index (χ2n) is 9.04. The van der Waals surface area contributed by atoms with Crippen LogP contribution >= 0.6 is 12.2 Å². The van der Waals surface area contributed by atoms with Crippen molar-refractivity contribution in [1.29, 1.82) is 0 Å². The van der Waals surface area contributed by atoms with E-state index in [1.807, 2.05) is 36.8 Å². The average molecular weight is 468 g/mol. The third kappa shape index (κ3) is 3.99. The van der Waals surface area contributed by atoms with Gasteiger partial charge in [0.05, 0.1) is 17.8 Å². The van der Waals surface area contributed by atoms with Crippen LogP contribution in [0.2, 0.25) is 0 Å². The van der Waals surface area contributed by atoms with Gasteiger partial charge in [-0.1, -0.05) is 18.2 Å². The van der Waals surface area contributed by atoms with Crippen molar-refractivity contribution in [2.45, 2.75) is 46.3 Å². The van der Waals surface area contributed by atoms with E-state index in [0.717, 1.165) is 23.0 Å². The minimum Gasteiger partial charge on any atom is -0.351 e. The highest BCUT2D eigenvalue weighted by Crippen LogP contribution is 2.43. The van der Waals surface area contributed by atoms with Crippen molar-refractivity contribution in [3.63, 3.8) is 0 Å². The Morgan fingerprint density at radius 2 is 1.79 bits per heavy atom. The topological polar surface area (TPSA) is 46.0 Å². The van der Waals surface area contributed by atoms with Gasteiger partial charge < -0.3 is 14.8 Å². The summed E-state index contributed by atoms with van der Waals surface area (Å²) in [7, 11) is 0. The van der Waals surface area contributed by atoms with Crippen LogP contribution in [-0.4, -0.2) is 19.6 Å². The number of rotatable bonds is 5. The maximum absolute atomic E-state index is 5.91. The molecule has 3 aromatic heterocycles. The van der Waals surface area contributed by atoms with E-state index in [4.69, 9.17) is 17.2 Å². The van der Waals surface area contributed by atoms with Crippen LogP contribution in [0.4, 0.5) is 5.69 Å². The summed E-state index contributed by atoms with van der Waals surface area (Å²) in [5.74, 6) is 0. The lowest BCUT2D eigenvalue weighted by atomic mass is 9.96. The quantitative estimate of drug-likeness (QED) is 0.380. The van der Waals surface area contributed by atoms with Crippen LogP contribution in [-0.2, 0) is 6.54 Å². The lowest BCUT2D eigenvalue weighted by Crippen LogP contribution is -2.29. The highest BCUT2D eigenvalue weighted by Gasteiger charge is 2.42. The van der Waals surface area contributed by atoms with Crippen molar-refractivity contribution in [1.82, 2.24) is 19.9 Å². The summed E-state index contributed by atoms with van der Waals surface area (Å²) < 4.78 is 2.36. The number of pyridine rings is 2. The van der Waals surface area contributed by atoms with Crippen molar-refractivity contribution in [2.75, 3.05) is 4.90 Å². The molecule has 0 spiro atoms. The molecule has 0 radical (unpaired) electrons. The molecule has 0 unspecified atom stereocenters. The van der Waals surface area contributed by atoms with E-state index >= 15 is 0 Å². The molecule has 0 saturated carbocycles. The van der Waals surface area contributed by atoms with E-state index in [1.165, 1.54) is 33.6 Å². The van der Waals surface area contributed by atoms with E-state index in [-0.39, 0.29) is 12.1 Å². The monoisotopic (exact) mass is 467 g/mol. The Kier molecular flexibility index (Phi) is 5.92. The molecule has 1 aliphatic heterocycles. The van der Waals surface area contributed by atoms with Gasteiger partial charge in [0.15, 0.2) is 5.11 Å². The number of aryl methyl sites for hydroxylation is 3. The van der Waals surface area contributed by atoms with Crippen LogP contribution in [0.15, 0.2) is 73.2 Å². The van der Waals surface area contributed by atoms with Crippen molar-refractivity contribution in [3.05, 3.63) is 113 Å². The Hall–Kier alpha value is -3.51. The lowest BCUT2D eigenvalue weighted by molar-refractivity contribution is 0.563. The Morgan fingerprint density at radius 1 is 0.941 bits per heavy atom. The van der Waals surface area contributed by atoms with E-state index < -0.39 is 0 Å². The number of nitrogens with zero attached hydrogens (tertiary/aromatic N) is 4. The SMILES string of the molecule is Cc1ccc(N2C(=S)N[C@H](c3ccccn3)[C@@H]2c2cc(C)n(Cc3cccnc3)c2C)cc1C. The molecule has 1 aromatic carbocycles. The first-order chi connectivity index (χ1) is 16.4. The van der Waals surface area contributed by atoms with Gasteiger partial charge >= 0.3 is 0 Å². The molecular formula is C28H29N5S. The van der Waals surface area contributed by atoms with Crippen molar-refractivity contribution < 1.29 is 0 Å². The number of hydrogen-bond acceptors (Lipinski definition) is 3. The Labute approximate surface area is 206 Å². The number of nitrogens with one attached hydrogen (secondary N) is 1. The van der Waals surface area contributed by atoms with E-state index in [1.54, 1.807) is 0 Å². The first-order valence-electron chi connectivity index (χ1n) is 11.6. The van der Waals surface area contributed by atoms with Crippen molar-refractivity contribution in [2.24, 2.45) is 0 Å². The summed E-state index contributed by atoms with van der Waals surface area (Å²) in [5.41, 5.74) is 9.49. The van der Waals surface area contributed by atoms with Gasteiger partial charge in [-0.05, 0) is 98.6 Å². The molecule has 1 saturated heterocycles. The molecule has 1 fully saturated rings. The molecule has 1 N–H and O–H groups in total. The largest absolute Gasteiger partial charge is 0.351 e. The van der Waals surface area contributed by atoms with Gasteiger partial charge in [-0.25, -0.2) is 0 Å². The maximum Gasteiger partial charge on any atom is 0.174 e. The summed E-state index contributed by atoms with van der Waals surface area (Å²) in [6.07, 6.45) is 5.60. The fraction of sp³-hybridized carbons (Fsp3) is 0.250. The lowest BCUT2D eigenvalue weighted by Gasteiger charge is -2.28. The average Bonchev–Trinajstić information content (AvgIpc) is 3.33. The smallest absolute Gasteiger partial charge is 0.174 e. The van der Waals surface area contributed by atoms with Crippen LogP contribution in [0.3, 0.4) is 0 Å². The molecule has 5 nitrogen and oxygen atoms in total. The molecule has 1 aliphatic rings. The third-order valence-electron chi connectivity index (χ3n) is 6.86. The normalized spacial score (nSPS) is 17.8. The summed E-state index contributed by atoms with van der Waals surface area (Å²) in [4.78, 5) is 11.3. The Morgan fingerprint density at radius 3 is 2.50 bits per heavy atom. The van der Waals surface area contributed by atoms with Gasteiger partial charge in [-0.15, -0.1) is 0 Å². The first kappa shape index (κ1) is 22.3. The number of thiocarbonyl (C=S) groups is 1. The van der Waals surface area contributed by atoms with Gasteiger partial charge in [0.25, 0.3) is 0 Å². The zero-order valence-corrected chi connectivity index (χ0v) is 20.8. The second-order valence-corrected chi connectivity index (χ2v) is 9.43. The molecule has 0 bridgehead atoms. The minimum atomic E-state index is -0.0531.